The summed E-state index contributed by atoms with van der Waals surface area (Å²) in [7, 11) is 0. The molecule has 0 atom stereocenters. The van der Waals surface area contributed by atoms with Gasteiger partial charge in [0.15, 0.2) is 6.61 Å². The average molecular weight is 272 g/mol. The molecule has 0 aliphatic heterocycles. The number of amides is 1. The zero-order valence-corrected chi connectivity index (χ0v) is 11.8. The van der Waals surface area contributed by atoms with Crippen molar-refractivity contribution in [3.8, 4) is 5.75 Å². The second kappa shape index (κ2) is 6.80. The van der Waals surface area contributed by atoms with Crippen LogP contribution in [0.1, 0.15) is 30.9 Å². The summed E-state index contributed by atoms with van der Waals surface area (Å²) < 4.78 is 5.51. The van der Waals surface area contributed by atoms with Crippen molar-refractivity contribution in [3.05, 3.63) is 53.9 Å². The number of hydrogen-bond donors (Lipinski definition) is 2. The molecular weight excluding hydrogens is 252 g/mol. The quantitative estimate of drug-likeness (QED) is 0.849. The van der Waals surface area contributed by atoms with E-state index in [-0.39, 0.29) is 12.5 Å². The van der Waals surface area contributed by atoms with Gasteiger partial charge in [0, 0.05) is 18.9 Å². The van der Waals surface area contributed by atoms with Gasteiger partial charge in [0.05, 0.1) is 0 Å². The van der Waals surface area contributed by atoms with E-state index in [2.05, 4.69) is 30.2 Å². The van der Waals surface area contributed by atoms with Crippen LogP contribution in [0.2, 0.25) is 0 Å². The standard InChI is InChI=1S/C16H20N2O2/c1-12(2)14-4-3-5-15(8-14)20-11-16(19)18-10-13-6-7-17-9-13/h3-9,12,17H,10-11H2,1-2H3,(H,18,19). The van der Waals surface area contributed by atoms with Crippen LogP contribution in [-0.4, -0.2) is 17.5 Å². The summed E-state index contributed by atoms with van der Waals surface area (Å²) in [4.78, 5) is 14.6. The normalized spacial score (nSPS) is 10.6. The van der Waals surface area contributed by atoms with Gasteiger partial charge in [-0.1, -0.05) is 26.0 Å². The SMILES string of the molecule is CC(C)c1cccc(OCC(=O)NCc2cc[nH]c2)c1. The van der Waals surface area contributed by atoms with Gasteiger partial charge in [-0.15, -0.1) is 0 Å². The third kappa shape index (κ3) is 4.16. The molecule has 1 aromatic carbocycles. The minimum Gasteiger partial charge on any atom is -0.484 e. The number of hydrogen-bond acceptors (Lipinski definition) is 2. The lowest BCUT2D eigenvalue weighted by Gasteiger charge is -2.10. The number of rotatable bonds is 6. The zero-order chi connectivity index (χ0) is 14.4. The monoisotopic (exact) mass is 272 g/mol. The van der Waals surface area contributed by atoms with E-state index in [0.29, 0.717) is 12.5 Å². The first-order valence-corrected chi connectivity index (χ1v) is 6.76. The molecule has 2 aromatic rings. The molecule has 1 amide bonds. The van der Waals surface area contributed by atoms with E-state index in [0.717, 1.165) is 11.3 Å². The van der Waals surface area contributed by atoms with E-state index < -0.39 is 0 Å². The Kier molecular flexibility index (Phi) is 4.82. The van der Waals surface area contributed by atoms with E-state index >= 15 is 0 Å². The molecule has 0 aliphatic rings. The summed E-state index contributed by atoms with van der Waals surface area (Å²) in [5, 5.41) is 2.81. The van der Waals surface area contributed by atoms with Gasteiger partial charge in [0.2, 0.25) is 0 Å². The van der Waals surface area contributed by atoms with Gasteiger partial charge >= 0.3 is 0 Å². The third-order valence-electron chi connectivity index (χ3n) is 3.05. The van der Waals surface area contributed by atoms with Gasteiger partial charge in [-0.2, -0.15) is 0 Å². The molecule has 1 heterocycles. The van der Waals surface area contributed by atoms with Crippen LogP contribution in [0.15, 0.2) is 42.7 Å². The van der Waals surface area contributed by atoms with Crippen molar-refractivity contribution in [1.82, 2.24) is 10.3 Å². The van der Waals surface area contributed by atoms with Crippen LogP contribution in [0, 0.1) is 0 Å². The average Bonchev–Trinajstić information content (AvgIpc) is 2.96. The third-order valence-corrected chi connectivity index (χ3v) is 3.05. The highest BCUT2D eigenvalue weighted by atomic mass is 16.5. The first kappa shape index (κ1) is 14.2. The Balaban J connectivity index is 1.79. The molecule has 106 valence electrons. The molecule has 0 bridgehead atoms. The van der Waals surface area contributed by atoms with Crippen molar-refractivity contribution in [3.63, 3.8) is 0 Å². The Morgan fingerprint density at radius 3 is 2.90 bits per heavy atom. The molecule has 1 aromatic heterocycles. The van der Waals surface area contributed by atoms with Gasteiger partial charge in [-0.05, 0) is 35.2 Å². The van der Waals surface area contributed by atoms with E-state index in [4.69, 9.17) is 4.74 Å². The smallest absolute Gasteiger partial charge is 0.258 e. The molecule has 0 aliphatic carbocycles. The maximum absolute atomic E-state index is 11.7. The number of benzene rings is 1. The summed E-state index contributed by atoms with van der Waals surface area (Å²) in [5.41, 5.74) is 2.25. The lowest BCUT2D eigenvalue weighted by molar-refractivity contribution is -0.123. The first-order valence-electron chi connectivity index (χ1n) is 6.76. The molecule has 4 heteroatoms. The molecule has 0 fully saturated rings. The van der Waals surface area contributed by atoms with E-state index in [1.54, 1.807) is 0 Å². The van der Waals surface area contributed by atoms with Gasteiger partial charge < -0.3 is 15.0 Å². The molecule has 0 radical (unpaired) electrons. The highest BCUT2D eigenvalue weighted by Crippen LogP contribution is 2.19. The summed E-state index contributed by atoms with van der Waals surface area (Å²) in [5.74, 6) is 1.05. The Morgan fingerprint density at radius 1 is 1.35 bits per heavy atom. The molecule has 2 rings (SSSR count). The van der Waals surface area contributed by atoms with Crippen molar-refractivity contribution in [2.75, 3.05) is 6.61 Å². The Bertz CT molecular complexity index is 547. The van der Waals surface area contributed by atoms with Crippen molar-refractivity contribution in [2.45, 2.75) is 26.3 Å². The van der Waals surface area contributed by atoms with E-state index in [9.17, 15) is 4.79 Å². The highest BCUT2D eigenvalue weighted by molar-refractivity contribution is 5.77. The molecule has 0 saturated carbocycles. The van der Waals surface area contributed by atoms with E-state index in [1.807, 2.05) is 36.7 Å². The molecule has 20 heavy (non-hydrogen) atoms. The molecular formula is C16H20N2O2. The van der Waals surface area contributed by atoms with Crippen LogP contribution in [0.5, 0.6) is 5.75 Å². The predicted octanol–water partition coefficient (Wildman–Crippen LogP) is 2.83. The Morgan fingerprint density at radius 2 is 2.20 bits per heavy atom. The topological polar surface area (TPSA) is 54.1 Å². The van der Waals surface area contributed by atoms with Crippen molar-refractivity contribution in [1.29, 1.82) is 0 Å². The fraction of sp³-hybridized carbons (Fsp3) is 0.312. The molecule has 0 saturated heterocycles. The fourth-order valence-corrected chi connectivity index (χ4v) is 1.83. The van der Waals surface area contributed by atoms with Crippen LogP contribution < -0.4 is 10.1 Å². The minimum atomic E-state index is -0.124. The van der Waals surface area contributed by atoms with E-state index in [1.165, 1.54) is 5.56 Å². The number of carbonyl (C=O) groups is 1. The lowest BCUT2D eigenvalue weighted by Crippen LogP contribution is -2.28. The highest BCUT2D eigenvalue weighted by Gasteiger charge is 2.05. The van der Waals surface area contributed by atoms with Crippen LogP contribution in [0.4, 0.5) is 0 Å². The molecule has 0 spiro atoms. The number of carbonyl (C=O) groups excluding carboxylic acids is 1. The number of aromatic amines is 1. The Labute approximate surface area is 119 Å². The maximum atomic E-state index is 11.7. The second-order valence-electron chi connectivity index (χ2n) is 5.01. The van der Waals surface area contributed by atoms with Crippen molar-refractivity contribution in [2.24, 2.45) is 0 Å². The lowest BCUT2D eigenvalue weighted by atomic mass is 10.0. The Hall–Kier alpha value is -2.23. The van der Waals surface area contributed by atoms with Gasteiger partial charge in [-0.3, -0.25) is 4.79 Å². The molecule has 2 N–H and O–H groups in total. The molecule has 0 unspecified atom stereocenters. The molecule has 4 nitrogen and oxygen atoms in total. The van der Waals surface area contributed by atoms with Crippen LogP contribution in [-0.2, 0) is 11.3 Å². The van der Waals surface area contributed by atoms with Crippen LogP contribution >= 0.6 is 0 Å². The van der Waals surface area contributed by atoms with Gasteiger partial charge in [0.1, 0.15) is 5.75 Å². The summed E-state index contributed by atoms with van der Waals surface area (Å²) >= 11 is 0. The number of nitrogens with one attached hydrogen (secondary N) is 2. The minimum absolute atomic E-state index is 0.0337. The largest absolute Gasteiger partial charge is 0.484 e. The number of aromatic nitrogens is 1. The maximum Gasteiger partial charge on any atom is 0.258 e. The zero-order valence-electron chi connectivity index (χ0n) is 11.8. The van der Waals surface area contributed by atoms with Crippen LogP contribution in [0.25, 0.3) is 0 Å². The fourth-order valence-electron chi connectivity index (χ4n) is 1.83. The van der Waals surface area contributed by atoms with Crippen molar-refractivity contribution >= 4 is 5.91 Å². The first-order chi connectivity index (χ1) is 9.65. The van der Waals surface area contributed by atoms with Gasteiger partial charge in [0.25, 0.3) is 5.91 Å². The number of H-pyrrole nitrogens is 1. The van der Waals surface area contributed by atoms with Gasteiger partial charge in [-0.25, -0.2) is 0 Å². The van der Waals surface area contributed by atoms with Crippen molar-refractivity contribution < 1.29 is 9.53 Å². The summed E-state index contributed by atoms with van der Waals surface area (Å²) in [6, 6.07) is 9.77. The summed E-state index contributed by atoms with van der Waals surface area (Å²) in [6.07, 6.45) is 3.68. The number of ether oxygens (including phenoxy) is 1. The predicted molar refractivity (Wildman–Crippen MR) is 78.7 cm³/mol. The summed E-state index contributed by atoms with van der Waals surface area (Å²) in [6.45, 7) is 4.80. The second-order valence-corrected chi connectivity index (χ2v) is 5.01. The van der Waals surface area contributed by atoms with Crippen LogP contribution in [0.3, 0.4) is 0 Å².